The number of benzene rings is 8. The van der Waals surface area contributed by atoms with Gasteiger partial charge in [0.25, 0.3) is 0 Å². The Kier molecular flexibility index (Phi) is 7.72. The largest absolute Gasteiger partial charge is 0.454 e. The summed E-state index contributed by atoms with van der Waals surface area (Å²) in [6.07, 6.45) is 0. The van der Waals surface area contributed by atoms with E-state index < -0.39 is 0 Å². The van der Waals surface area contributed by atoms with E-state index in [-0.39, 0.29) is 17.7 Å². The van der Waals surface area contributed by atoms with Crippen molar-refractivity contribution in [2.45, 2.75) is 52.4 Å². The number of rotatable bonds is 3. The molecular formula is C56H45BN2OS. The molecule has 2 aromatic heterocycles. The van der Waals surface area contributed by atoms with Gasteiger partial charge in [-0.1, -0.05) is 157 Å². The summed E-state index contributed by atoms with van der Waals surface area (Å²) in [6, 6.07) is 61.1. The molecule has 0 aliphatic carbocycles. The van der Waals surface area contributed by atoms with Crippen LogP contribution in [0.2, 0.25) is 0 Å². The highest BCUT2D eigenvalue weighted by molar-refractivity contribution is 7.26. The van der Waals surface area contributed by atoms with Crippen LogP contribution in [0, 0.1) is 0 Å². The third kappa shape index (κ3) is 5.36. The van der Waals surface area contributed by atoms with E-state index in [4.69, 9.17) is 4.42 Å². The van der Waals surface area contributed by atoms with Crippen LogP contribution in [0.3, 0.4) is 0 Å². The van der Waals surface area contributed by atoms with E-state index in [0.717, 1.165) is 33.3 Å². The first-order valence-corrected chi connectivity index (χ1v) is 22.3. The summed E-state index contributed by atoms with van der Waals surface area (Å²) in [5.41, 5.74) is 16.6. The first-order valence-electron chi connectivity index (χ1n) is 21.5. The SMILES string of the molecule is CC(C)(C)c1ccc(N2B3c4c(cc5ccccc5c4-c4ccc5c(oc6ccccc65)c42)N(c2ccc(C(C)(C)C)cc2-c2ccccc2)c2sc4ccccc4c23)cc1. The third-order valence-corrected chi connectivity index (χ3v) is 14.3. The van der Waals surface area contributed by atoms with Gasteiger partial charge in [0.1, 0.15) is 5.58 Å². The minimum Gasteiger partial charge on any atom is -0.454 e. The standard InChI is InChI=1S/C56H45BN2OS/c1-55(2,3)36-24-27-38(28-25-36)59-52-43(30-29-41-40-20-12-14-22-47(40)60-53(41)52)49-39-19-11-10-18-35(39)32-46-51(49)57(59)50-42-21-13-15-23-48(42)61-54(50)58(46)45-31-26-37(56(4,5)6)33-44(45)34-16-8-7-9-17-34/h7-33H,1-6H3. The smallest absolute Gasteiger partial charge is 0.334 e. The maximum Gasteiger partial charge on any atom is 0.334 e. The minimum absolute atomic E-state index is 0.0179. The molecule has 0 saturated carbocycles. The molecule has 0 radical (unpaired) electrons. The number of hydrogen-bond acceptors (Lipinski definition) is 4. The molecule has 0 saturated heterocycles. The lowest BCUT2D eigenvalue weighted by Crippen LogP contribution is -2.61. The first-order chi connectivity index (χ1) is 29.5. The van der Waals surface area contributed by atoms with Gasteiger partial charge in [0, 0.05) is 38.0 Å². The van der Waals surface area contributed by atoms with Crippen molar-refractivity contribution in [1.82, 2.24) is 0 Å². The molecule has 2 aliphatic rings. The topological polar surface area (TPSA) is 19.6 Å². The average molecular weight is 805 g/mol. The highest BCUT2D eigenvalue weighted by Gasteiger charge is 2.49. The van der Waals surface area contributed by atoms with E-state index >= 15 is 0 Å². The van der Waals surface area contributed by atoms with Gasteiger partial charge in [-0.3, -0.25) is 0 Å². The zero-order valence-corrected chi connectivity index (χ0v) is 36.2. The number of fused-ring (bicyclic) bond motifs is 12. The number of anilines is 5. The summed E-state index contributed by atoms with van der Waals surface area (Å²) in [5, 5.41) is 7.27. The third-order valence-electron chi connectivity index (χ3n) is 13.2. The van der Waals surface area contributed by atoms with Crippen LogP contribution in [0.15, 0.2) is 168 Å². The van der Waals surface area contributed by atoms with Crippen LogP contribution in [0.4, 0.5) is 27.8 Å². The van der Waals surface area contributed by atoms with E-state index in [9.17, 15) is 0 Å². The number of para-hydroxylation sites is 1. The van der Waals surface area contributed by atoms with Crippen LogP contribution in [-0.4, -0.2) is 6.85 Å². The molecule has 0 amide bonds. The van der Waals surface area contributed by atoms with Crippen LogP contribution in [0.1, 0.15) is 52.7 Å². The monoisotopic (exact) mass is 804 g/mol. The Bertz CT molecular complexity index is 3400. The second-order valence-corrected chi connectivity index (χ2v) is 19.9. The molecule has 294 valence electrons. The van der Waals surface area contributed by atoms with Crippen LogP contribution >= 0.6 is 11.3 Å². The van der Waals surface area contributed by atoms with Crippen LogP contribution in [0.25, 0.3) is 65.1 Å². The van der Waals surface area contributed by atoms with Crippen molar-refractivity contribution in [3.63, 3.8) is 0 Å². The fourth-order valence-corrected chi connectivity index (χ4v) is 11.4. The molecule has 12 rings (SSSR count). The number of thiophene rings is 1. The molecule has 0 atom stereocenters. The lowest BCUT2D eigenvalue weighted by atomic mass is 9.43. The van der Waals surface area contributed by atoms with Crippen LogP contribution in [-0.2, 0) is 10.8 Å². The maximum absolute atomic E-state index is 7.05. The fraction of sp³-hybridized carbons (Fsp3) is 0.143. The summed E-state index contributed by atoms with van der Waals surface area (Å²) in [6.45, 7) is 13.7. The molecule has 8 aromatic carbocycles. The molecule has 3 nitrogen and oxygen atoms in total. The Labute approximate surface area is 361 Å². The van der Waals surface area contributed by atoms with Crippen molar-refractivity contribution >= 4 is 99.7 Å². The van der Waals surface area contributed by atoms with Gasteiger partial charge in [0.2, 0.25) is 0 Å². The van der Waals surface area contributed by atoms with Crippen molar-refractivity contribution in [2.24, 2.45) is 0 Å². The summed E-state index contributed by atoms with van der Waals surface area (Å²) in [7, 11) is 0. The van der Waals surface area contributed by atoms with Gasteiger partial charge in [-0.05, 0) is 109 Å². The Hall–Kier alpha value is -6.56. The highest BCUT2D eigenvalue weighted by Crippen LogP contribution is 2.55. The molecule has 0 N–H and O–H groups in total. The second-order valence-electron chi connectivity index (χ2n) is 18.9. The van der Waals surface area contributed by atoms with E-state index in [1.807, 2.05) is 11.3 Å². The molecule has 0 bridgehead atoms. The number of furan rings is 1. The van der Waals surface area contributed by atoms with Crippen LogP contribution < -0.4 is 20.6 Å². The van der Waals surface area contributed by atoms with E-state index in [1.54, 1.807) is 0 Å². The van der Waals surface area contributed by atoms with E-state index in [2.05, 4.69) is 215 Å². The van der Waals surface area contributed by atoms with Gasteiger partial charge in [0.15, 0.2) is 5.58 Å². The Morgan fingerprint density at radius 1 is 0.525 bits per heavy atom. The van der Waals surface area contributed by atoms with Crippen LogP contribution in [0.5, 0.6) is 0 Å². The molecule has 2 aliphatic heterocycles. The average Bonchev–Trinajstić information content (AvgIpc) is 3.85. The molecule has 0 fully saturated rings. The Balaban J connectivity index is 1.26. The zero-order chi connectivity index (χ0) is 41.4. The van der Waals surface area contributed by atoms with Crippen molar-refractivity contribution in [3.8, 4) is 22.3 Å². The van der Waals surface area contributed by atoms with Gasteiger partial charge >= 0.3 is 6.85 Å². The molecule has 5 heteroatoms. The fourth-order valence-electron chi connectivity index (χ4n) is 10.1. The number of nitrogens with zero attached hydrogens (tertiary/aromatic N) is 2. The van der Waals surface area contributed by atoms with Gasteiger partial charge in [0.05, 0.1) is 16.4 Å². The molecule has 4 heterocycles. The second kappa shape index (κ2) is 13.0. The molecule has 0 unspecified atom stereocenters. The van der Waals surface area contributed by atoms with Crippen molar-refractivity contribution < 1.29 is 4.42 Å². The minimum atomic E-state index is -0.155. The predicted molar refractivity (Wildman–Crippen MR) is 263 cm³/mol. The normalized spacial score (nSPS) is 13.6. The summed E-state index contributed by atoms with van der Waals surface area (Å²) in [4.78, 5) is 5.24. The molecule has 0 spiro atoms. The lowest BCUT2D eigenvalue weighted by molar-refractivity contribution is 0.590. The lowest BCUT2D eigenvalue weighted by Gasteiger charge is -2.45. The Morgan fingerprint density at radius 2 is 1.20 bits per heavy atom. The van der Waals surface area contributed by atoms with Gasteiger partial charge < -0.3 is 14.1 Å². The number of hydrogen-bond donors (Lipinski definition) is 0. The zero-order valence-electron chi connectivity index (χ0n) is 35.4. The predicted octanol–water partition coefficient (Wildman–Crippen LogP) is 14.9. The quantitative estimate of drug-likeness (QED) is 0.166. The summed E-state index contributed by atoms with van der Waals surface area (Å²) in [5.74, 6) is 0. The van der Waals surface area contributed by atoms with Crippen molar-refractivity contribution in [3.05, 3.63) is 175 Å². The summed E-state index contributed by atoms with van der Waals surface area (Å²) >= 11 is 1.90. The molecule has 61 heavy (non-hydrogen) atoms. The van der Waals surface area contributed by atoms with E-state index in [0.29, 0.717) is 0 Å². The van der Waals surface area contributed by atoms with Gasteiger partial charge in [-0.2, -0.15) is 0 Å². The van der Waals surface area contributed by atoms with Crippen molar-refractivity contribution in [1.29, 1.82) is 0 Å². The molecular weight excluding hydrogens is 760 g/mol. The first kappa shape index (κ1) is 36.3. The van der Waals surface area contributed by atoms with Gasteiger partial charge in [-0.25, -0.2) is 0 Å². The Morgan fingerprint density at radius 3 is 1.97 bits per heavy atom. The highest BCUT2D eigenvalue weighted by atomic mass is 32.1. The summed E-state index contributed by atoms with van der Waals surface area (Å²) < 4.78 is 8.33. The van der Waals surface area contributed by atoms with Gasteiger partial charge in [-0.15, -0.1) is 11.3 Å². The molecule has 10 aromatic rings. The van der Waals surface area contributed by atoms with Crippen molar-refractivity contribution in [2.75, 3.05) is 9.71 Å². The van der Waals surface area contributed by atoms with E-state index in [1.165, 1.54) is 81.5 Å². The maximum atomic E-state index is 7.05.